The Morgan fingerprint density at radius 2 is 1.84 bits per heavy atom. The van der Waals surface area contributed by atoms with E-state index in [-0.39, 0.29) is 18.3 Å². The van der Waals surface area contributed by atoms with Crippen molar-refractivity contribution in [3.8, 4) is 17.0 Å². The summed E-state index contributed by atoms with van der Waals surface area (Å²) in [5, 5.41) is 9.48. The number of benzene rings is 1. The Kier molecular flexibility index (Phi) is 5.64. The van der Waals surface area contributed by atoms with Crippen LogP contribution in [0.1, 0.15) is 28.9 Å². The molecule has 1 fully saturated rings. The van der Waals surface area contributed by atoms with E-state index in [1.165, 1.54) is 0 Å². The predicted molar refractivity (Wildman–Crippen MR) is 123 cm³/mol. The van der Waals surface area contributed by atoms with Crippen LogP contribution in [-0.4, -0.2) is 44.7 Å². The Bertz CT molecular complexity index is 1240. The van der Waals surface area contributed by atoms with Crippen LogP contribution in [0, 0.1) is 0 Å². The highest BCUT2D eigenvalue weighted by molar-refractivity contribution is 5.98. The maximum absolute atomic E-state index is 12.8. The second kappa shape index (κ2) is 8.88. The Morgan fingerprint density at radius 1 is 1.06 bits per heavy atom. The third-order valence-corrected chi connectivity index (χ3v) is 5.77. The minimum absolute atomic E-state index is 0.0341. The van der Waals surface area contributed by atoms with Gasteiger partial charge in [0, 0.05) is 47.8 Å². The van der Waals surface area contributed by atoms with E-state index < -0.39 is 0 Å². The Balaban J connectivity index is 1.29. The highest BCUT2D eigenvalue weighted by Gasteiger charge is 2.15. The van der Waals surface area contributed by atoms with Crippen LogP contribution in [0.15, 0.2) is 61.2 Å². The van der Waals surface area contributed by atoms with E-state index in [2.05, 4.69) is 20.4 Å². The summed E-state index contributed by atoms with van der Waals surface area (Å²) in [6, 6.07) is 11.4. The van der Waals surface area contributed by atoms with Crippen molar-refractivity contribution < 1.29 is 9.53 Å². The molecule has 0 aliphatic carbocycles. The Morgan fingerprint density at radius 3 is 2.59 bits per heavy atom. The molecule has 5 rings (SSSR count). The highest BCUT2D eigenvalue weighted by Crippen LogP contribution is 2.23. The number of ketones is 1. The zero-order valence-electron chi connectivity index (χ0n) is 18.0. The average molecular weight is 428 g/mol. The zero-order valence-corrected chi connectivity index (χ0v) is 18.0. The number of Topliss-reactive ketones (excluding diaryl/α,β-unsaturated/α-hetero) is 1. The molecule has 1 aliphatic rings. The van der Waals surface area contributed by atoms with Crippen molar-refractivity contribution in [2.75, 3.05) is 13.1 Å². The van der Waals surface area contributed by atoms with Crippen LogP contribution in [0.3, 0.4) is 0 Å². The number of nitrogens with one attached hydrogen (secondary N) is 1. The molecule has 4 aromatic rings. The lowest BCUT2D eigenvalue weighted by Gasteiger charge is -2.23. The van der Waals surface area contributed by atoms with Gasteiger partial charge in [-0.3, -0.25) is 19.4 Å². The number of piperidine rings is 1. The number of carbonyl (C=O) groups excluding carboxylic acids is 1. The van der Waals surface area contributed by atoms with Gasteiger partial charge >= 0.3 is 0 Å². The third-order valence-electron chi connectivity index (χ3n) is 5.77. The molecule has 1 aromatic carbocycles. The summed E-state index contributed by atoms with van der Waals surface area (Å²) >= 11 is 0. The van der Waals surface area contributed by atoms with Crippen LogP contribution in [0.25, 0.3) is 22.0 Å². The first-order valence-electron chi connectivity index (χ1n) is 10.9. The number of ether oxygens (including phenoxy) is 1. The zero-order chi connectivity index (χ0) is 21.9. The molecule has 0 amide bonds. The summed E-state index contributed by atoms with van der Waals surface area (Å²) < 4.78 is 7.78. The van der Waals surface area contributed by atoms with Crippen molar-refractivity contribution in [1.82, 2.24) is 25.1 Å². The number of fused-ring (bicyclic) bond motifs is 1. The maximum atomic E-state index is 12.8. The van der Waals surface area contributed by atoms with Gasteiger partial charge in [-0.15, -0.1) is 0 Å². The Hall–Kier alpha value is -3.58. The first-order valence-corrected chi connectivity index (χ1v) is 10.9. The van der Waals surface area contributed by atoms with Crippen molar-refractivity contribution in [2.45, 2.75) is 25.4 Å². The summed E-state index contributed by atoms with van der Waals surface area (Å²) in [6.45, 7) is 1.97. The lowest BCUT2D eigenvalue weighted by Crippen LogP contribution is -2.34. The fourth-order valence-electron chi connectivity index (χ4n) is 3.98. The molecule has 1 N–H and O–H groups in total. The molecule has 0 saturated carbocycles. The van der Waals surface area contributed by atoms with Crippen LogP contribution in [-0.2, 0) is 13.5 Å². The van der Waals surface area contributed by atoms with E-state index >= 15 is 0 Å². The van der Waals surface area contributed by atoms with Gasteiger partial charge in [0.05, 0.1) is 18.3 Å². The first-order chi connectivity index (χ1) is 15.6. The first kappa shape index (κ1) is 20.3. The summed E-state index contributed by atoms with van der Waals surface area (Å²) in [4.78, 5) is 21.8. The average Bonchev–Trinajstić information content (AvgIpc) is 3.26. The molecular weight excluding hydrogens is 402 g/mol. The summed E-state index contributed by atoms with van der Waals surface area (Å²) in [7, 11) is 1.88. The predicted octanol–water partition coefficient (Wildman–Crippen LogP) is 3.59. The SMILES string of the molecule is Cn1cc(-c2cc3cc(CC(=O)c4ccc(OC5CCNCC5)cc4)ncc3cn2)cn1. The molecule has 0 bridgehead atoms. The minimum atomic E-state index is 0.0341. The van der Waals surface area contributed by atoms with E-state index in [1.807, 2.05) is 49.6 Å². The topological polar surface area (TPSA) is 81.9 Å². The summed E-state index contributed by atoms with van der Waals surface area (Å²) in [5.41, 5.74) is 3.20. The molecule has 1 saturated heterocycles. The number of carbonyl (C=O) groups is 1. The largest absolute Gasteiger partial charge is 0.490 e. The van der Waals surface area contributed by atoms with Crippen LogP contribution in [0.5, 0.6) is 5.75 Å². The monoisotopic (exact) mass is 427 g/mol. The van der Waals surface area contributed by atoms with E-state index in [4.69, 9.17) is 4.74 Å². The number of rotatable bonds is 6. The maximum Gasteiger partial charge on any atom is 0.168 e. The highest BCUT2D eigenvalue weighted by atomic mass is 16.5. The quantitative estimate of drug-likeness (QED) is 0.474. The normalized spacial score (nSPS) is 14.5. The van der Waals surface area contributed by atoms with Gasteiger partial charge in [-0.05, 0) is 67.7 Å². The number of nitrogens with zero attached hydrogens (tertiary/aromatic N) is 4. The van der Waals surface area contributed by atoms with Crippen LogP contribution in [0.4, 0.5) is 0 Å². The van der Waals surface area contributed by atoms with Gasteiger partial charge in [0.15, 0.2) is 5.78 Å². The molecule has 0 atom stereocenters. The van der Waals surface area contributed by atoms with Gasteiger partial charge in [-0.25, -0.2) is 0 Å². The second-order valence-electron chi connectivity index (χ2n) is 8.19. The number of aryl methyl sites for hydroxylation is 1. The molecule has 3 aromatic heterocycles. The van der Waals surface area contributed by atoms with Gasteiger partial charge in [0.25, 0.3) is 0 Å². The standard InChI is InChI=1S/C25H25N5O2/c1-30-16-20(15-29-30)24-11-18-10-21(27-13-19(18)14-28-24)12-25(31)17-2-4-22(5-3-17)32-23-6-8-26-9-7-23/h2-5,10-11,13-16,23,26H,6-9,12H2,1H3. The lowest BCUT2D eigenvalue weighted by atomic mass is 10.0. The van der Waals surface area contributed by atoms with Gasteiger partial charge in [-0.1, -0.05) is 0 Å². The smallest absolute Gasteiger partial charge is 0.168 e. The fraction of sp³-hybridized carbons (Fsp3) is 0.280. The molecule has 1 aliphatic heterocycles. The molecule has 4 heterocycles. The van der Waals surface area contributed by atoms with Crippen LogP contribution >= 0.6 is 0 Å². The van der Waals surface area contributed by atoms with E-state index in [1.54, 1.807) is 23.3 Å². The summed E-state index contributed by atoms with van der Waals surface area (Å²) in [5.74, 6) is 0.847. The van der Waals surface area contributed by atoms with E-state index in [0.29, 0.717) is 5.56 Å². The molecule has 7 heteroatoms. The van der Waals surface area contributed by atoms with Gasteiger partial charge in [0.1, 0.15) is 11.9 Å². The van der Waals surface area contributed by atoms with Gasteiger partial charge in [0.2, 0.25) is 0 Å². The minimum Gasteiger partial charge on any atom is -0.490 e. The van der Waals surface area contributed by atoms with Crippen molar-refractivity contribution in [3.05, 3.63) is 72.4 Å². The molecule has 0 spiro atoms. The number of hydrogen-bond donors (Lipinski definition) is 1. The van der Waals surface area contributed by atoms with Crippen molar-refractivity contribution in [1.29, 1.82) is 0 Å². The van der Waals surface area contributed by atoms with Crippen LogP contribution in [0.2, 0.25) is 0 Å². The van der Waals surface area contributed by atoms with Crippen molar-refractivity contribution >= 4 is 16.6 Å². The van der Waals surface area contributed by atoms with Crippen molar-refractivity contribution in [3.63, 3.8) is 0 Å². The molecular formula is C25H25N5O2. The Labute approximate surface area is 186 Å². The molecule has 162 valence electrons. The molecule has 0 radical (unpaired) electrons. The van der Waals surface area contributed by atoms with Crippen molar-refractivity contribution in [2.24, 2.45) is 7.05 Å². The fourth-order valence-corrected chi connectivity index (χ4v) is 3.98. The molecule has 0 unspecified atom stereocenters. The summed E-state index contributed by atoms with van der Waals surface area (Å²) in [6.07, 6.45) is 9.79. The number of hydrogen-bond acceptors (Lipinski definition) is 6. The number of pyridine rings is 2. The van der Waals surface area contributed by atoms with E-state index in [0.717, 1.165) is 59.4 Å². The van der Waals surface area contributed by atoms with Gasteiger partial charge in [-0.2, -0.15) is 5.10 Å². The molecule has 7 nitrogen and oxygen atoms in total. The second-order valence-corrected chi connectivity index (χ2v) is 8.19. The molecule has 32 heavy (non-hydrogen) atoms. The van der Waals surface area contributed by atoms with Crippen LogP contribution < -0.4 is 10.1 Å². The van der Waals surface area contributed by atoms with E-state index in [9.17, 15) is 4.79 Å². The van der Waals surface area contributed by atoms with Gasteiger partial charge < -0.3 is 10.1 Å². The number of aromatic nitrogens is 4. The third kappa shape index (κ3) is 4.53. The lowest BCUT2D eigenvalue weighted by molar-refractivity contribution is 0.0992.